The second-order valence-corrected chi connectivity index (χ2v) is 5.93. The number of benzene rings is 1. The molecular formula is C17H23N3. The molecule has 0 saturated heterocycles. The van der Waals surface area contributed by atoms with Crippen molar-refractivity contribution in [1.82, 2.24) is 9.78 Å². The van der Waals surface area contributed by atoms with Gasteiger partial charge < -0.3 is 5.73 Å². The van der Waals surface area contributed by atoms with E-state index < -0.39 is 0 Å². The van der Waals surface area contributed by atoms with Gasteiger partial charge in [0.15, 0.2) is 0 Å². The molecule has 1 aromatic carbocycles. The standard InChI is InChI=1S/C17H23N3/c1-2-13-5-3-8-17(9-13)20-12-15(11-19-20)14-6-4-7-16(18)10-14/h4,6-7,10-13,17H,2-3,5,8-9,18H2,1H3. The second-order valence-electron chi connectivity index (χ2n) is 5.93. The van der Waals surface area contributed by atoms with Crippen molar-refractivity contribution < 1.29 is 0 Å². The van der Waals surface area contributed by atoms with Crippen LogP contribution in [-0.4, -0.2) is 9.78 Å². The van der Waals surface area contributed by atoms with Gasteiger partial charge >= 0.3 is 0 Å². The summed E-state index contributed by atoms with van der Waals surface area (Å²) in [7, 11) is 0. The largest absolute Gasteiger partial charge is 0.399 e. The zero-order valence-electron chi connectivity index (χ0n) is 12.1. The fourth-order valence-corrected chi connectivity index (χ4v) is 3.28. The first-order chi connectivity index (χ1) is 9.76. The first-order valence-electron chi connectivity index (χ1n) is 7.66. The minimum Gasteiger partial charge on any atom is -0.399 e. The first-order valence-corrected chi connectivity index (χ1v) is 7.66. The molecule has 3 heteroatoms. The summed E-state index contributed by atoms with van der Waals surface area (Å²) in [5.74, 6) is 0.869. The average Bonchev–Trinajstić information content (AvgIpc) is 2.97. The van der Waals surface area contributed by atoms with E-state index in [1.165, 1.54) is 32.1 Å². The van der Waals surface area contributed by atoms with Crippen molar-refractivity contribution in [3.63, 3.8) is 0 Å². The van der Waals surface area contributed by atoms with Gasteiger partial charge in [-0.3, -0.25) is 4.68 Å². The van der Waals surface area contributed by atoms with Crippen LogP contribution in [0.5, 0.6) is 0 Å². The van der Waals surface area contributed by atoms with Crippen LogP contribution in [0, 0.1) is 5.92 Å². The number of nitrogens with two attached hydrogens (primary N) is 1. The van der Waals surface area contributed by atoms with Crippen LogP contribution in [0.4, 0.5) is 5.69 Å². The highest BCUT2D eigenvalue weighted by Gasteiger charge is 2.22. The number of anilines is 1. The molecule has 2 atom stereocenters. The van der Waals surface area contributed by atoms with Gasteiger partial charge in [-0.15, -0.1) is 0 Å². The molecule has 1 aliphatic rings. The van der Waals surface area contributed by atoms with Gasteiger partial charge in [-0.05, 0) is 36.5 Å². The highest BCUT2D eigenvalue weighted by molar-refractivity contribution is 5.65. The van der Waals surface area contributed by atoms with Crippen LogP contribution in [-0.2, 0) is 0 Å². The molecule has 0 aliphatic heterocycles. The number of aromatic nitrogens is 2. The highest BCUT2D eigenvalue weighted by Crippen LogP contribution is 2.34. The maximum Gasteiger partial charge on any atom is 0.0568 e. The molecule has 2 N–H and O–H groups in total. The SMILES string of the molecule is CCC1CCCC(n2cc(-c3cccc(N)c3)cn2)C1. The number of rotatable bonds is 3. The van der Waals surface area contributed by atoms with Crippen LogP contribution in [0.15, 0.2) is 36.7 Å². The van der Waals surface area contributed by atoms with Crippen LogP contribution < -0.4 is 5.73 Å². The molecule has 1 saturated carbocycles. The highest BCUT2D eigenvalue weighted by atomic mass is 15.3. The average molecular weight is 269 g/mol. The van der Waals surface area contributed by atoms with Crippen LogP contribution in [0.2, 0.25) is 0 Å². The van der Waals surface area contributed by atoms with Crippen molar-refractivity contribution >= 4 is 5.69 Å². The van der Waals surface area contributed by atoms with Gasteiger partial charge in [0, 0.05) is 17.4 Å². The van der Waals surface area contributed by atoms with E-state index in [9.17, 15) is 0 Å². The maximum absolute atomic E-state index is 5.85. The normalized spacial score (nSPS) is 22.9. The summed E-state index contributed by atoms with van der Waals surface area (Å²) in [6, 6.07) is 8.59. The van der Waals surface area contributed by atoms with Crippen molar-refractivity contribution in [3.8, 4) is 11.1 Å². The Labute approximate surface area is 120 Å². The van der Waals surface area contributed by atoms with Crippen molar-refractivity contribution in [2.24, 2.45) is 5.92 Å². The molecular weight excluding hydrogens is 246 g/mol. The number of hydrogen-bond donors (Lipinski definition) is 1. The van der Waals surface area contributed by atoms with Gasteiger partial charge in [0.1, 0.15) is 0 Å². The lowest BCUT2D eigenvalue weighted by Crippen LogP contribution is -2.19. The third-order valence-corrected chi connectivity index (χ3v) is 4.53. The molecule has 1 aliphatic carbocycles. The molecule has 1 fully saturated rings. The van der Waals surface area contributed by atoms with E-state index in [4.69, 9.17) is 5.73 Å². The van der Waals surface area contributed by atoms with E-state index >= 15 is 0 Å². The van der Waals surface area contributed by atoms with Gasteiger partial charge in [-0.1, -0.05) is 38.3 Å². The lowest BCUT2D eigenvalue weighted by Gasteiger charge is -2.28. The Balaban J connectivity index is 1.80. The van der Waals surface area contributed by atoms with Crippen LogP contribution in [0.3, 0.4) is 0 Å². The quantitative estimate of drug-likeness (QED) is 0.845. The van der Waals surface area contributed by atoms with Crippen molar-refractivity contribution in [3.05, 3.63) is 36.7 Å². The van der Waals surface area contributed by atoms with E-state index in [1.807, 2.05) is 24.4 Å². The summed E-state index contributed by atoms with van der Waals surface area (Å²) in [6.07, 6.45) is 10.7. The predicted molar refractivity (Wildman–Crippen MR) is 83.4 cm³/mol. The molecule has 1 aromatic heterocycles. The summed E-state index contributed by atoms with van der Waals surface area (Å²) < 4.78 is 2.17. The predicted octanol–water partition coefficient (Wildman–Crippen LogP) is 4.27. The second kappa shape index (κ2) is 5.70. The maximum atomic E-state index is 5.85. The molecule has 3 rings (SSSR count). The van der Waals surface area contributed by atoms with E-state index in [0.29, 0.717) is 6.04 Å². The molecule has 2 unspecified atom stereocenters. The molecule has 0 radical (unpaired) electrons. The Bertz CT molecular complexity index is 573. The third kappa shape index (κ3) is 2.72. The molecule has 0 bridgehead atoms. The summed E-state index contributed by atoms with van der Waals surface area (Å²) in [5, 5.41) is 4.59. The lowest BCUT2D eigenvalue weighted by molar-refractivity contribution is 0.248. The van der Waals surface area contributed by atoms with E-state index in [0.717, 1.165) is 22.7 Å². The van der Waals surface area contributed by atoms with Crippen molar-refractivity contribution in [2.45, 2.75) is 45.1 Å². The van der Waals surface area contributed by atoms with Crippen LogP contribution in [0.1, 0.15) is 45.1 Å². The fourth-order valence-electron chi connectivity index (χ4n) is 3.28. The van der Waals surface area contributed by atoms with Crippen molar-refractivity contribution in [2.75, 3.05) is 5.73 Å². The van der Waals surface area contributed by atoms with Gasteiger partial charge in [-0.25, -0.2) is 0 Å². The molecule has 20 heavy (non-hydrogen) atoms. The van der Waals surface area contributed by atoms with Gasteiger partial charge in [0.25, 0.3) is 0 Å². The first kappa shape index (κ1) is 13.2. The topological polar surface area (TPSA) is 43.8 Å². The van der Waals surface area contributed by atoms with Gasteiger partial charge in [0.05, 0.1) is 12.2 Å². The molecule has 1 heterocycles. The summed E-state index contributed by atoms with van der Waals surface area (Å²) in [4.78, 5) is 0. The van der Waals surface area contributed by atoms with Crippen LogP contribution >= 0.6 is 0 Å². The number of nitrogen functional groups attached to an aromatic ring is 1. The summed E-state index contributed by atoms with van der Waals surface area (Å²) in [5.41, 5.74) is 8.97. The summed E-state index contributed by atoms with van der Waals surface area (Å²) in [6.45, 7) is 2.30. The molecule has 0 amide bonds. The number of nitrogens with zero attached hydrogens (tertiary/aromatic N) is 2. The smallest absolute Gasteiger partial charge is 0.0568 e. The lowest BCUT2D eigenvalue weighted by atomic mass is 9.84. The van der Waals surface area contributed by atoms with E-state index in [2.05, 4.69) is 29.0 Å². The van der Waals surface area contributed by atoms with E-state index in [1.54, 1.807) is 0 Å². The molecule has 3 nitrogen and oxygen atoms in total. The Morgan fingerprint density at radius 1 is 1.30 bits per heavy atom. The Morgan fingerprint density at radius 3 is 3.00 bits per heavy atom. The van der Waals surface area contributed by atoms with Crippen molar-refractivity contribution in [1.29, 1.82) is 0 Å². The van der Waals surface area contributed by atoms with E-state index in [-0.39, 0.29) is 0 Å². The monoisotopic (exact) mass is 269 g/mol. The van der Waals surface area contributed by atoms with Gasteiger partial charge in [0.2, 0.25) is 0 Å². The molecule has 2 aromatic rings. The fraction of sp³-hybridized carbons (Fsp3) is 0.471. The minimum absolute atomic E-state index is 0.573. The third-order valence-electron chi connectivity index (χ3n) is 4.53. The zero-order valence-corrected chi connectivity index (χ0v) is 12.1. The summed E-state index contributed by atoms with van der Waals surface area (Å²) >= 11 is 0. The zero-order chi connectivity index (χ0) is 13.9. The molecule has 106 valence electrons. The Kier molecular flexibility index (Phi) is 3.77. The van der Waals surface area contributed by atoms with Crippen LogP contribution in [0.25, 0.3) is 11.1 Å². The number of hydrogen-bond acceptors (Lipinski definition) is 2. The van der Waals surface area contributed by atoms with Gasteiger partial charge in [-0.2, -0.15) is 5.10 Å². The molecule has 0 spiro atoms. The Morgan fingerprint density at radius 2 is 2.20 bits per heavy atom. The minimum atomic E-state index is 0.573. The Hall–Kier alpha value is -1.77.